The predicted molar refractivity (Wildman–Crippen MR) is 131 cm³/mol. The van der Waals surface area contributed by atoms with E-state index in [1.807, 2.05) is 12.1 Å². The van der Waals surface area contributed by atoms with E-state index in [4.69, 9.17) is 9.84 Å². The van der Waals surface area contributed by atoms with Crippen molar-refractivity contribution in [1.29, 1.82) is 0 Å². The highest BCUT2D eigenvalue weighted by Crippen LogP contribution is 2.54. The molecule has 1 spiro atoms. The van der Waals surface area contributed by atoms with Crippen molar-refractivity contribution < 1.29 is 14.6 Å². The lowest BCUT2D eigenvalue weighted by atomic mass is 9.60. The van der Waals surface area contributed by atoms with E-state index in [2.05, 4.69) is 47.9 Å². The smallest absolute Gasteiger partial charge is 0.335 e. The second-order valence-corrected chi connectivity index (χ2v) is 10.5. The fourth-order valence-corrected chi connectivity index (χ4v) is 6.31. The first-order valence-corrected chi connectivity index (χ1v) is 12.5. The molecular formula is C28H36N2O3. The Morgan fingerprint density at radius 1 is 1.03 bits per heavy atom. The number of benzene rings is 2. The summed E-state index contributed by atoms with van der Waals surface area (Å²) in [5.41, 5.74) is 3.36. The molecule has 2 aliphatic heterocycles. The molecule has 1 atom stereocenters. The summed E-state index contributed by atoms with van der Waals surface area (Å²) in [6.45, 7) is 7.53. The van der Waals surface area contributed by atoms with E-state index in [1.54, 1.807) is 12.1 Å². The molecule has 5 nitrogen and oxygen atoms in total. The lowest BCUT2D eigenvalue weighted by Crippen LogP contribution is -2.54. The van der Waals surface area contributed by atoms with E-state index in [9.17, 15) is 4.79 Å². The van der Waals surface area contributed by atoms with Gasteiger partial charge >= 0.3 is 5.97 Å². The number of likely N-dealkylation sites (tertiary alicyclic amines) is 1. The average molecular weight is 449 g/mol. The number of hydrogen-bond donors (Lipinski definition) is 1. The summed E-state index contributed by atoms with van der Waals surface area (Å²) in [7, 11) is 0. The maximum absolute atomic E-state index is 11.1. The molecule has 5 rings (SSSR count). The topological polar surface area (TPSA) is 53.0 Å². The van der Waals surface area contributed by atoms with Crippen LogP contribution in [0.1, 0.15) is 74.3 Å². The van der Waals surface area contributed by atoms with Crippen molar-refractivity contribution in [3.05, 3.63) is 59.7 Å². The average Bonchev–Trinajstić information content (AvgIpc) is 3.27. The van der Waals surface area contributed by atoms with Crippen LogP contribution in [0, 0.1) is 5.41 Å². The first kappa shape index (κ1) is 22.3. The van der Waals surface area contributed by atoms with Crippen molar-refractivity contribution in [2.75, 3.05) is 24.5 Å². The Hall–Kier alpha value is -2.53. The summed E-state index contributed by atoms with van der Waals surface area (Å²) < 4.78 is 6.16. The van der Waals surface area contributed by atoms with Gasteiger partial charge in [-0.1, -0.05) is 18.2 Å². The Kier molecular flexibility index (Phi) is 6.09. The van der Waals surface area contributed by atoms with Crippen molar-refractivity contribution in [3.8, 4) is 5.75 Å². The highest BCUT2D eigenvalue weighted by Gasteiger charge is 2.50. The first-order valence-electron chi connectivity index (χ1n) is 12.5. The number of hydrogen-bond acceptors (Lipinski definition) is 4. The van der Waals surface area contributed by atoms with E-state index < -0.39 is 5.97 Å². The number of para-hydroxylation sites is 1. The third-order valence-corrected chi connectivity index (χ3v) is 8.04. The van der Waals surface area contributed by atoms with Gasteiger partial charge < -0.3 is 14.7 Å². The van der Waals surface area contributed by atoms with Crippen LogP contribution in [0.25, 0.3) is 0 Å². The molecule has 2 saturated heterocycles. The van der Waals surface area contributed by atoms with Gasteiger partial charge in [-0.05, 0) is 94.7 Å². The molecule has 0 unspecified atom stereocenters. The number of ether oxygens (including phenoxy) is 1. The molecule has 1 saturated carbocycles. The van der Waals surface area contributed by atoms with E-state index in [-0.39, 0.29) is 6.10 Å². The molecule has 0 amide bonds. The Balaban J connectivity index is 1.20. The molecule has 0 radical (unpaired) electrons. The van der Waals surface area contributed by atoms with Crippen LogP contribution in [0.5, 0.6) is 5.75 Å². The molecule has 2 aromatic carbocycles. The van der Waals surface area contributed by atoms with Gasteiger partial charge in [0.1, 0.15) is 5.75 Å². The SMILES string of the molecule is CC(C)Oc1ccccc1[C@@H]1CCCN1C1CC2(CCN(c3ccc(C(=O)O)cc3)CC2)C1. The fourth-order valence-electron chi connectivity index (χ4n) is 6.31. The molecular weight excluding hydrogens is 412 g/mol. The predicted octanol–water partition coefficient (Wildman–Crippen LogP) is 5.76. The van der Waals surface area contributed by atoms with Crippen molar-refractivity contribution in [2.24, 2.45) is 5.41 Å². The Labute approximate surface area is 197 Å². The first-order chi connectivity index (χ1) is 15.9. The Morgan fingerprint density at radius 3 is 2.39 bits per heavy atom. The Bertz CT molecular complexity index is 971. The highest BCUT2D eigenvalue weighted by molar-refractivity contribution is 5.88. The van der Waals surface area contributed by atoms with Crippen LogP contribution in [-0.4, -0.2) is 47.8 Å². The van der Waals surface area contributed by atoms with Gasteiger partial charge in [0.2, 0.25) is 0 Å². The van der Waals surface area contributed by atoms with Crippen LogP contribution >= 0.6 is 0 Å². The van der Waals surface area contributed by atoms with Gasteiger partial charge in [0, 0.05) is 36.4 Å². The number of nitrogens with zero attached hydrogens (tertiary/aromatic N) is 2. The number of aromatic carboxylic acids is 1. The van der Waals surface area contributed by atoms with Gasteiger partial charge in [0.05, 0.1) is 11.7 Å². The standard InChI is InChI=1S/C28H36N2O3/c1-20(2)33-26-8-4-3-6-24(26)25-7-5-15-30(25)23-18-28(19-23)13-16-29(17-14-28)22-11-9-21(10-12-22)27(31)32/h3-4,6,8-12,20,23,25H,5,7,13-19H2,1-2H3,(H,31,32)/t25-/m0/s1. The normalized spacial score (nSPS) is 23.1. The van der Waals surface area contributed by atoms with Gasteiger partial charge in [-0.25, -0.2) is 4.79 Å². The van der Waals surface area contributed by atoms with E-state index in [1.165, 1.54) is 50.6 Å². The molecule has 1 aliphatic carbocycles. The number of anilines is 1. The summed E-state index contributed by atoms with van der Waals surface area (Å²) >= 11 is 0. The summed E-state index contributed by atoms with van der Waals surface area (Å²) in [5.74, 6) is 0.193. The van der Waals surface area contributed by atoms with Crippen molar-refractivity contribution >= 4 is 11.7 Å². The Morgan fingerprint density at radius 2 is 1.73 bits per heavy atom. The second-order valence-electron chi connectivity index (χ2n) is 10.5. The molecule has 3 fully saturated rings. The molecule has 5 heteroatoms. The molecule has 1 N–H and O–H groups in total. The van der Waals surface area contributed by atoms with Crippen molar-refractivity contribution in [2.45, 2.75) is 70.6 Å². The minimum absolute atomic E-state index is 0.193. The van der Waals surface area contributed by atoms with Crippen LogP contribution in [-0.2, 0) is 0 Å². The lowest BCUT2D eigenvalue weighted by molar-refractivity contribution is -0.0230. The number of carboxylic acids is 1. The molecule has 0 bridgehead atoms. The molecule has 3 aliphatic rings. The molecule has 2 heterocycles. The molecule has 2 aromatic rings. The fraction of sp³-hybridized carbons (Fsp3) is 0.536. The quantitative estimate of drug-likeness (QED) is 0.609. The number of rotatable bonds is 6. The lowest BCUT2D eigenvalue weighted by Gasteiger charge is -2.56. The van der Waals surface area contributed by atoms with Crippen molar-refractivity contribution in [1.82, 2.24) is 4.90 Å². The third-order valence-electron chi connectivity index (χ3n) is 8.04. The summed E-state index contributed by atoms with van der Waals surface area (Å²) in [5, 5.41) is 9.13. The molecule has 176 valence electrons. The van der Waals surface area contributed by atoms with Crippen LogP contribution in [0.15, 0.2) is 48.5 Å². The van der Waals surface area contributed by atoms with Gasteiger partial charge in [0.15, 0.2) is 0 Å². The van der Waals surface area contributed by atoms with Crippen LogP contribution in [0.4, 0.5) is 5.69 Å². The summed E-state index contributed by atoms with van der Waals surface area (Å²) in [4.78, 5) is 16.3. The minimum atomic E-state index is -0.863. The minimum Gasteiger partial charge on any atom is -0.491 e. The number of carbonyl (C=O) groups is 1. The van der Waals surface area contributed by atoms with Gasteiger partial charge in [-0.3, -0.25) is 4.90 Å². The van der Waals surface area contributed by atoms with Crippen molar-refractivity contribution in [3.63, 3.8) is 0 Å². The summed E-state index contributed by atoms with van der Waals surface area (Å²) in [6.07, 6.45) is 7.77. The zero-order chi connectivity index (χ0) is 23.0. The van der Waals surface area contributed by atoms with Gasteiger partial charge in [0.25, 0.3) is 0 Å². The van der Waals surface area contributed by atoms with Crippen LogP contribution in [0.3, 0.4) is 0 Å². The largest absolute Gasteiger partial charge is 0.491 e. The summed E-state index contributed by atoms with van der Waals surface area (Å²) in [6, 6.07) is 17.2. The third kappa shape index (κ3) is 4.48. The zero-order valence-corrected chi connectivity index (χ0v) is 19.9. The van der Waals surface area contributed by atoms with E-state index >= 15 is 0 Å². The van der Waals surface area contributed by atoms with Gasteiger partial charge in [-0.15, -0.1) is 0 Å². The highest BCUT2D eigenvalue weighted by atomic mass is 16.5. The number of piperidine rings is 1. The maximum Gasteiger partial charge on any atom is 0.335 e. The van der Waals surface area contributed by atoms with E-state index in [0.29, 0.717) is 23.1 Å². The van der Waals surface area contributed by atoms with Crippen LogP contribution in [0.2, 0.25) is 0 Å². The second kappa shape index (κ2) is 9.02. The molecule has 0 aromatic heterocycles. The maximum atomic E-state index is 11.1. The number of carboxylic acid groups (broad SMARTS) is 1. The molecule has 33 heavy (non-hydrogen) atoms. The van der Waals surface area contributed by atoms with Gasteiger partial charge in [-0.2, -0.15) is 0 Å². The zero-order valence-electron chi connectivity index (χ0n) is 19.9. The monoisotopic (exact) mass is 448 g/mol. The van der Waals surface area contributed by atoms with Crippen LogP contribution < -0.4 is 9.64 Å². The van der Waals surface area contributed by atoms with E-state index in [0.717, 1.165) is 24.5 Å².